The SMILES string of the molecule is C=CCCCCc1cccc(C)c1-c1cccc([C@@H](N)CC(=O)OC)c1.Cl. The normalized spacial score (nSPS) is 11.4. The molecule has 0 aliphatic heterocycles. The van der Waals surface area contributed by atoms with Crippen molar-refractivity contribution >= 4 is 18.4 Å². The molecule has 2 aromatic rings. The van der Waals surface area contributed by atoms with E-state index in [1.807, 2.05) is 18.2 Å². The predicted octanol–water partition coefficient (Wildman–Crippen LogP) is 5.55. The lowest BCUT2D eigenvalue weighted by molar-refractivity contribution is -0.141. The Hall–Kier alpha value is -2.10. The van der Waals surface area contributed by atoms with Gasteiger partial charge >= 0.3 is 5.97 Å². The van der Waals surface area contributed by atoms with Crippen molar-refractivity contribution in [2.45, 2.75) is 45.1 Å². The number of ether oxygens (including phenoxy) is 1. The number of unbranched alkanes of at least 4 members (excludes halogenated alkanes) is 2. The summed E-state index contributed by atoms with van der Waals surface area (Å²) in [4.78, 5) is 11.5. The number of carbonyl (C=O) groups is 1. The van der Waals surface area contributed by atoms with Gasteiger partial charge in [-0.1, -0.05) is 42.5 Å². The summed E-state index contributed by atoms with van der Waals surface area (Å²) < 4.78 is 4.73. The zero-order valence-electron chi connectivity index (χ0n) is 16.2. The standard InChI is InChI=1S/C23H29NO2.ClH/c1-4-5-6-7-11-18-12-8-10-17(2)23(18)20-14-9-13-19(15-20)21(24)16-22(25)26-3;/h4,8-10,12-15,21H,1,5-7,11,16,24H2,2-3H3;1H/t21-;/m0./s1. The summed E-state index contributed by atoms with van der Waals surface area (Å²) in [5.41, 5.74) is 12.2. The first-order chi connectivity index (χ1) is 12.6. The highest BCUT2D eigenvalue weighted by Gasteiger charge is 2.14. The quantitative estimate of drug-likeness (QED) is 0.349. The molecule has 0 bridgehead atoms. The van der Waals surface area contributed by atoms with Crippen LogP contribution in [0.2, 0.25) is 0 Å². The Bertz CT molecular complexity index is 758. The molecule has 0 saturated carbocycles. The average Bonchev–Trinajstić information content (AvgIpc) is 2.65. The molecule has 2 aromatic carbocycles. The van der Waals surface area contributed by atoms with Crippen molar-refractivity contribution in [3.63, 3.8) is 0 Å². The van der Waals surface area contributed by atoms with Crippen LogP contribution < -0.4 is 5.73 Å². The molecule has 0 aliphatic rings. The van der Waals surface area contributed by atoms with Crippen LogP contribution in [0, 0.1) is 6.92 Å². The molecule has 0 saturated heterocycles. The third kappa shape index (κ3) is 6.53. The summed E-state index contributed by atoms with van der Waals surface area (Å²) in [6, 6.07) is 14.3. The van der Waals surface area contributed by atoms with Gasteiger partial charge in [-0.3, -0.25) is 4.79 Å². The second-order valence-corrected chi connectivity index (χ2v) is 6.66. The van der Waals surface area contributed by atoms with Gasteiger partial charge in [-0.05, 0) is 66.5 Å². The number of esters is 1. The molecule has 0 amide bonds. The molecule has 146 valence electrons. The smallest absolute Gasteiger partial charge is 0.307 e. The number of hydrogen-bond acceptors (Lipinski definition) is 3. The van der Waals surface area contributed by atoms with Crippen LogP contribution in [0.1, 0.15) is 48.4 Å². The number of hydrogen-bond donors (Lipinski definition) is 1. The van der Waals surface area contributed by atoms with Crippen LogP contribution >= 0.6 is 12.4 Å². The van der Waals surface area contributed by atoms with E-state index in [1.165, 1.54) is 23.8 Å². The monoisotopic (exact) mass is 387 g/mol. The molecule has 0 aliphatic carbocycles. The van der Waals surface area contributed by atoms with Crippen LogP contribution in [-0.2, 0) is 16.0 Å². The Morgan fingerprint density at radius 2 is 1.96 bits per heavy atom. The fraction of sp³-hybridized carbons (Fsp3) is 0.348. The Balaban J connectivity index is 0.00000364. The summed E-state index contributed by atoms with van der Waals surface area (Å²) in [5, 5.41) is 0. The van der Waals surface area contributed by atoms with Gasteiger partial charge in [0.05, 0.1) is 13.5 Å². The number of halogens is 1. The Labute approximate surface area is 169 Å². The van der Waals surface area contributed by atoms with Crippen LogP contribution in [0.25, 0.3) is 11.1 Å². The van der Waals surface area contributed by atoms with Gasteiger partial charge in [0.15, 0.2) is 0 Å². The Kier molecular flexibility index (Phi) is 9.84. The van der Waals surface area contributed by atoms with Crippen molar-refractivity contribution in [3.8, 4) is 11.1 Å². The number of benzene rings is 2. The second kappa shape index (κ2) is 11.6. The topological polar surface area (TPSA) is 52.3 Å². The van der Waals surface area contributed by atoms with Crippen molar-refractivity contribution in [2.75, 3.05) is 7.11 Å². The molecule has 27 heavy (non-hydrogen) atoms. The fourth-order valence-electron chi connectivity index (χ4n) is 3.26. The highest BCUT2D eigenvalue weighted by Crippen LogP contribution is 2.31. The highest BCUT2D eigenvalue weighted by atomic mass is 35.5. The summed E-state index contributed by atoms with van der Waals surface area (Å²) in [6.07, 6.45) is 6.55. The van der Waals surface area contributed by atoms with Gasteiger partial charge < -0.3 is 10.5 Å². The second-order valence-electron chi connectivity index (χ2n) is 6.66. The number of carbonyl (C=O) groups excluding carboxylic acids is 1. The molecule has 0 unspecified atom stereocenters. The van der Waals surface area contributed by atoms with Gasteiger partial charge in [-0.25, -0.2) is 0 Å². The zero-order chi connectivity index (χ0) is 18.9. The van der Waals surface area contributed by atoms with E-state index in [0.717, 1.165) is 36.8 Å². The van der Waals surface area contributed by atoms with Gasteiger partial charge in [0, 0.05) is 6.04 Å². The van der Waals surface area contributed by atoms with E-state index in [0.29, 0.717) is 0 Å². The molecular weight excluding hydrogens is 358 g/mol. The van der Waals surface area contributed by atoms with Crippen LogP contribution in [0.5, 0.6) is 0 Å². The van der Waals surface area contributed by atoms with Gasteiger partial charge in [-0.15, -0.1) is 19.0 Å². The number of rotatable bonds is 9. The maximum atomic E-state index is 11.5. The largest absolute Gasteiger partial charge is 0.469 e. The molecule has 0 aromatic heterocycles. The van der Waals surface area contributed by atoms with E-state index in [4.69, 9.17) is 10.5 Å². The first kappa shape index (κ1) is 22.9. The van der Waals surface area contributed by atoms with Gasteiger partial charge in [0.25, 0.3) is 0 Å². The van der Waals surface area contributed by atoms with Crippen LogP contribution in [0.4, 0.5) is 0 Å². The molecule has 2 rings (SSSR count). The third-order valence-corrected chi connectivity index (χ3v) is 4.68. The first-order valence-corrected chi connectivity index (χ1v) is 9.19. The minimum Gasteiger partial charge on any atom is -0.469 e. The van der Waals surface area contributed by atoms with E-state index in [2.05, 4.69) is 43.8 Å². The van der Waals surface area contributed by atoms with Crippen molar-refractivity contribution in [1.29, 1.82) is 0 Å². The highest BCUT2D eigenvalue weighted by molar-refractivity contribution is 5.85. The Morgan fingerprint density at radius 3 is 2.67 bits per heavy atom. The molecule has 1 atom stereocenters. The van der Waals surface area contributed by atoms with E-state index >= 15 is 0 Å². The minimum absolute atomic E-state index is 0. The van der Waals surface area contributed by atoms with Gasteiger partial charge in [0.1, 0.15) is 0 Å². The summed E-state index contributed by atoms with van der Waals surface area (Å²) in [7, 11) is 1.39. The molecule has 0 heterocycles. The molecule has 3 nitrogen and oxygen atoms in total. The number of nitrogens with two attached hydrogens (primary N) is 1. The molecule has 2 N–H and O–H groups in total. The van der Waals surface area contributed by atoms with Crippen molar-refractivity contribution in [3.05, 3.63) is 71.8 Å². The molecular formula is C23H30ClNO2. The molecule has 4 heteroatoms. The van der Waals surface area contributed by atoms with Crippen molar-refractivity contribution in [2.24, 2.45) is 5.73 Å². The maximum Gasteiger partial charge on any atom is 0.307 e. The Morgan fingerprint density at radius 1 is 1.22 bits per heavy atom. The van der Waals surface area contributed by atoms with Gasteiger partial charge in [-0.2, -0.15) is 0 Å². The number of methoxy groups -OCH3 is 1. The van der Waals surface area contributed by atoms with Crippen molar-refractivity contribution < 1.29 is 9.53 Å². The molecule has 0 radical (unpaired) electrons. The summed E-state index contributed by atoms with van der Waals surface area (Å²) in [5.74, 6) is -0.290. The zero-order valence-corrected chi connectivity index (χ0v) is 17.1. The third-order valence-electron chi connectivity index (χ3n) is 4.68. The van der Waals surface area contributed by atoms with E-state index in [9.17, 15) is 4.79 Å². The van der Waals surface area contributed by atoms with Crippen molar-refractivity contribution in [1.82, 2.24) is 0 Å². The fourth-order valence-corrected chi connectivity index (χ4v) is 3.26. The summed E-state index contributed by atoms with van der Waals surface area (Å²) >= 11 is 0. The molecule has 0 spiro atoms. The number of allylic oxidation sites excluding steroid dienone is 1. The first-order valence-electron chi connectivity index (χ1n) is 9.19. The van der Waals surface area contributed by atoms with E-state index in [1.54, 1.807) is 0 Å². The lowest BCUT2D eigenvalue weighted by Crippen LogP contribution is -2.16. The maximum absolute atomic E-state index is 11.5. The van der Waals surface area contributed by atoms with Gasteiger partial charge in [0.2, 0.25) is 0 Å². The lowest BCUT2D eigenvalue weighted by atomic mass is 9.90. The van der Waals surface area contributed by atoms with Crippen LogP contribution in [0.3, 0.4) is 0 Å². The predicted molar refractivity (Wildman–Crippen MR) is 115 cm³/mol. The average molecular weight is 388 g/mol. The minimum atomic E-state index is -0.359. The van der Waals surface area contributed by atoms with Crippen LogP contribution in [0.15, 0.2) is 55.1 Å². The molecule has 0 fully saturated rings. The number of aryl methyl sites for hydroxylation is 2. The van der Waals surface area contributed by atoms with E-state index in [-0.39, 0.29) is 30.8 Å². The lowest BCUT2D eigenvalue weighted by Gasteiger charge is -2.16. The van der Waals surface area contributed by atoms with Crippen LogP contribution in [-0.4, -0.2) is 13.1 Å². The van der Waals surface area contributed by atoms with E-state index < -0.39 is 0 Å². The summed E-state index contributed by atoms with van der Waals surface area (Å²) in [6.45, 7) is 5.93.